The van der Waals surface area contributed by atoms with E-state index in [1.807, 2.05) is 0 Å². The average molecular weight is 281 g/mol. The molecule has 0 fully saturated rings. The summed E-state index contributed by atoms with van der Waals surface area (Å²) in [6.07, 6.45) is 0. The Labute approximate surface area is 112 Å². The van der Waals surface area contributed by atoms with Crippen molar-refractivity contribution in [1.82, 2.24) is 0 Å². The van der Waals surface area contributed by atoms with Crippen molar-refractivity contribution in [1.29, 1.82) is 5.26 Å². The van der Waals surface area contributed by atoms with Gasteiger partial charge in [0.25, 0.3) is 0 Å². The molecule has 0 spiro atoms. The zero-order valence-electron chi connectivity index (χ0n) is 9.45. The van der Waals surface area contributed by atoms with Crippen LogP contribution in [0.3, 0.4) is 0 Å². The van der Waals surface area contributed by atoms with Crippen molar-refractivity contribution >= 4 is 17.3 Å². The van der Waals surface area contributed by atoms with Crippen LogP contribution in [-0.4, -0.2) is 0 Å². The quantitative estimate of drug-likeness (QED) is 0.850. The molecule has 0 heterocycles. The topological polar surface area (TPSA) is 59.0 Å². The molecule has 2 aromatic rings. The van der Waals surface area contributed by atoms with E-state index in [0.717, 1.165) is 18.2 Å². The summed E-state index contributed by atoms with van der Waals surface area (Å²) in [4.78, 5) is 0. The van der Waals surface area contributed by atoms with E-state index in [1.165, 1.54) is 12.1 Å². The Hall–Kier alpha value is -2.32. The van der Waals surface area contributed by atoms with Crippen LogP contribution in [0.2, 0.25) is 5.02 Å². The molecular weight excluding hydrogens is 274 g/mol. The van der Waals surface area contributed by atoms with Crippen molar-refractivity contribution in [3.63, 3.8) is 0 Å². The number of hydrogen-bond donors (Lipinski definition) is 1. The van der Waals surface area contributed by atoms with Gasteiger partial charge in [-0.1, -0.05) is 11.6 Å². The fourth-order valence-corrected chi connectivity index (χ4v) is 1.61. The Kier molecular flexibility index (Phi) is 3.54. The summed E-state index contributed by atoms with van der Waals surface area (Å²) in [6, 6.07) is 7.40. The van der Waals surface area contributed by atoms with Crippen LogP contribution in [0, 0.1) is 23.0 Å². The van der Waals surface area contributed by atoms with Crippen LogP contribution in [0.5, 0.6) is 11.5 Å². The number of nitrogens with zero attached hydrogens (tertiary/aromatic N) is 1. The summed E-state index contributed by atoms with van der Waals surface area (Å²) in [5.74, 6) is -1.59. The summed E-state index contributed by atoms with van der Waals surface area (Å²) < 4.78 is 31.8. The molecule has 2 rings (SSSR count). The number of hydrogen-bond acceptors (Lipinski definition) is 3. The molecule has 0 saturated carbocycles. The van der Waals surface area contributed by atoms with Gasteiger partial charge in [0, 0.05) is 6.07 Å². The Morgan fingerprint density at radius 3 is 2.63 bits per heavy atom. The van der Waals surface area contributed by atoms with Crippen molar-refractivity contribution in [3.8, 4) is 17.6 Å². The van der Waals surface area contributed by atoms with Crippen LogP contribution in [0.15, 0.2) is 30.3 Å². The highest BCUT2D eigenvalue weighted by atomic mass is 35.5. The van der Waals surface area contributed by atoms with E-state index in [-0.39, 0.29) is 27.8 Å². The van der Waals surface area contributed by atoms with Gasteiger partial charge in [0.1, 0.15) is 29.0 Å². The molecule has 19 heavy (non-hydrogen) atoms. The van der Waals surface area contributed by atoms with Gasteiger partial charge in [-0.3, -0.25) is 0 Å². The number of anilines is 1. The third kappa shape index (κ3) is 2.59. The monoisotopic (exact) mass is 280 g/mol. The lowest BCUT2D eigenvalue weighted by Crippen LogP contribution is -1.98. The van der Waals surface area contributed by atoms with Crippen molar-refractivity contribution in [2.45, 2.75) is 0 Å². The summed E-state index contributed by atoms with van der Waals surface area (Å²) in [5, 5.41) is 9.01. The Bertz CT molecular complexity index is 683. The molecule has 2 aromatic carbocycles. The van der Waals surface area contributed by atoms with E-state index in [1.54, 1.807) is 6.07 Å². The van der Waals surface area contributed by atoms with Crippen molar-refractivity contribution in [2.24, 2.45) is 0 Å². The van der Waals surface area contributed by atoms with Crippen LogP contribution in [0.25, 0.3) is 0 Å². The summed E-state index contributed by atoms with van der Waals surface area (Å²) in [7, 11) is 0. The van der Waals surface area contributed by atoms with E-state index < -0.39 is 11.6 Å². The minimum atomic E-state index is -0.778. The van der Waals surface area contributed by atoms with Crippen molar-refractivity contribution < 1.29 is 13.5 Å². The van der Waals surface area contributed by atoms with Crippen LogP contribution < -0.4 is 10.5 Å². The molecule has 3 nitrogen and oxygen atoms in total. The van der Waals surface area contributed by atoms with Crippen LogP contribution in [-0.2, 0) is 0 Å². The molecule has 0 unspecified atom stereocenters. The van der Waals surface area contributed by atoms with Gasteiger partial charge in [-0.05, 0) is 24.3 Å². The summed E-state index contributed by atoms with van der Waals surface area (Å²) in [5.41, 5.74) is 5.32. The zero-order chi connectivity index (χ0) is 14.0. The Morgan fingerprint density at radius 1 is 1.21 bits per heavy atom. The van der Waals surface area contributed by atoms with Crippen LogP contribution in [0.1, 0.15) is 5.56 Å². The van der Waals surface area contributed by atoms with E-state index >= 15 is 0 Å². The van der Waals surface area contributed by atoms with E-state index in [0.29, 0.717) is 0 Å². The highest BCUT2D eigenvalue weighted by Crippen LogP contribution is 2.36. The predicted molar refractivity (Wildman–Crippen MR) is 67.0 cm³/mol. The molecular formula is C13H7ClF2N2O. The smallest absolute Gasteiger partial charge is 0.171 e. The lowest BCUT2D eigenvalue weighted by atomic mass is 10.1. The molecule has 0 saturated heterocycles. The van der Waals surface area contributed by atoms with Crippen molar-refractivity contribution in [2.75, 3.05) is 5.73 Å². The maximum atomic E-state index is 13.4. The second-order valence-electron chi connectivity index (χ2n) is 3.63. The first-order valence-corrected chi connectivity index (χ1v) is 5.51. The number of halogens is 3. The van der Waals surface area contributed by atoms with Gasteiger partial charge < -0.3 is 10.5 Å². The summed E-state index contributed by atoms with van der Waals surface area (Å²) >= 11 is 5.82. The van der Waals surface area contributed by atoms with Crippen LogP contribution >= 0.6 is 11.6 Å². The van der Waals surface area contributed by atoms with Gasteiger partial charge in [0.05, 0.1) is 10.7 Å². The third-order valence-corrected chi connectivity index (χ3v) is 2.67. The van der Waals surface area contributed by atoms with Gasteiger partial charge in [-0.2, -0.15) is 5.26 Å². The largest absolute Gasteiger partial charge is 0.452 e. The zero-order valence-corrected chi connectivity index (χ0v) is 10.2. The number of nitrogens with two attached hydrogens (primary N) is 1. The third-order valence-electron chi connectivity index (χ3n) is 2.35. The average Bonchev–Trinajstić information content (AvgIpc) is 2.38. The highest BCUT2D eigenvalue weighted by molar-refractivity contribution is 6.32. The fraction of sp³-hybridized carbons (Fsp3) is 0. The van der Waals surface area contributed by atoms with E-state index in [2.05, 4.69) is 0 Å². The second-order valence-corrected chi connectivity index (χ2v) is 4.04. The van der Waals surface area contributed by atoms with Gasteiger partial charge >= 0.3 is 0 Å². The highest BCUT2D eigenvalue weighted by Gasteiger charge is 2.15. The molecule has 2 N–H and O–H groups in total. The Morgan fingerprint density at radius 2 is 1.95 bits per heavy atom. The maximum absolute atomic E-state index is 13.4. The van der Waals surface area contributed by atoms with E-state index in [9.17, 15) is 8.78 Å². The molecule has 0 aromatic heterocycles. The van der Waals surface area contributed by atoms with Crippen LogP contribution in [0.4, 0.5) is 14.5 Å². The number of rotatable bonds is 2. The first-order chi connectivity index (χ1) is 9.02. The molecule has 96 valence electrons. The minimum absolute atomic E-state index is 0.0459. The number of ether oxygens (including phenoxy) is 1. The molecule has 0 aliphatic heterocycles. The first-order valence-electron chi connectivity index (χ1n) is 5.14. The molecule has 0 aliphatic carbocycles. The van der Waals surface area contributed by atoms with Gasteiger partial charge in [0.15, 0.2) is 5.75 Å². The van der Waals surface area contributed by atoms with E-state index in [4.69, 9.17) is 27.3 Å². The molecule has 0 radical (unpaired) electrons. The summed E-state index contributed by atoms with van der Waals surface area (Å²) in [6.45, 7) is 0. The van der Waals surface area contributed by atoms with Crippen molar-refractivity contribution in [3.05, 3.63) is 52.6 Å². The molecule has 0 bridgehead atoms. The molecule has 6 heteroatoms. The SMILES string of the molecule is N#Cc1c(F)ccc(N)c1Oc1cc(F)ccc1Cl. The second kappa shape index (κ2) is 5.12. The molecule has 0 atom stereocenters. The van der Waals surface area contributed by atoms with Gasteiger partial charge in [0.2, 0.25) is 0 Å². The number of nitriles is 1. The standard InChI is InChI=1S/C13H7ClF2N2O/c14-9-2-1-7(15)5-12(9)19-13-8(6-17)10(16)3-4-11(13)18/h1-5H,18H2. The lowest BCUT2D eigenvalue weighted by Gasteiger charge is -2.11. The molecule has 0 aliphatic rings. The lowest BCUT2D eigenvalue weighted by molar-refractivity contribution is 0.472. The molecule has 0 amide bonds. The number of nitrogen functional groups attached to an aromatic ring is 1. The fourth-order valence-electron chi connectivity index (χ4n) is 1.45. The number of benzene rings is 2. The predicted octanol–water partition coefficient (Wildman–Crippen LogP) is 3.86. The van der Waals surface area contributed by atoms with Gasteiger partial charge in [-0.15, -0.1) is 0 Å². The minimum Gasteiger partial charge on any atom is -0.452 e. The van der Waals surface area contributed by atoms with Gasteiger partial charge in [-0.25, -0.2) is 8.78 Å². The maximum Gasteiger partial charge on any atom is 0.171 e. The normalized spacial score (nSPS) is 10.0. The first kappa shape index (κ1) is 13.1. The Balaban J connectivity index is 2.52.